The van der Waals surface area contributed by atoms with Gasteiger partial charge < -0.3 is 19.9 Å². The molecule has 3 rings (SSSR count). The van der Waals surface area contributed by atoms with Gasteiger partial charge in [-0.25, -0.2) is 0 Å². The standard InChI is InChI=1S/C21H33N5O3/c1-14(18(27)29-4)15(2)23-20(28)21(3)10-5-13-26-17(24-25-19(21)26)7-6-16-8-11-22-12-9-16/h6-7,14-16,22H,5,8-13H2,1-4H3,(H,23,28)/b7-6+/t14-,15?,21?/m0/s1. The number of piperidine rings is 1. The van der Waals surface area contributed by atoms with Gasteiger partial charge in [0.25, 0.3) is 0 Å². The second kappa shape index (κ2) is 9.07. The predicted molar refractivity (Wildman–Crippen MR) is 110 cm³/mol. The van der Waals surface area contributed by atoms with Gasteiger partial charge in [0.1, 0.15) is 11.2 Å². The molecule has 0 aromatic carbocycles. The lowest BCUT2D eigenvalue weighted by molar-refractivity contribution is -0.146. The van der Waals surface area contributed by atoms with Crippen LogP contribution in [0.15, 0.2) is 6.08 Å². The van der Waals surface area contributed by atoms with E-state index < -0.39 is 11.3 Å². The maximum Gasteiger partial charge on any atom is 0.310 e. The number of allylic oxidation sites excluding steroid dienone is 1. The van der Waals surface area contributed by atoms with Crippen LogP contribution in [0, 0.1) is 11.8 Å². The highest BCUT2D eigenvalue weighted by Crippen LogP contribution is 2.34. The van der Waals surface area contributed by atoms with E-state index in [4.69, 9.17) is 4.74 Å². The van der Waals surface area contributed by atoms with Gasteiger partial charge in [0.05, 0.1) is 13.0 Å². The van der Waals surface area contributed by atoms with Gasteiger partial charge in [-0.15, -0.1) is 10.2 Å². The van der Waals surface area contributed by atoms with Gasteiger partial charge in [0.2, 0.25) is 5.91 Å². The fraction of sp³-hybridized carbons (Fsp3) is 0.714. The molecule has 0 spiro atoms. The number of hydrogen-bond acceptors (Lipinski definition) is 6. The largest absolute Gasteiger partial charge is 0.469 e. The maximum atomic E-state index is 13.2. The van der Waals surface area contributed by atoms with Crippen LogP contribution in [0.2, 0.25) is 0 Å². The Bertz CT molecular complexity index is 768. The van der Waals surface area contributed by atoms with Crippen LogP contribution in [-0.2, 0) is 26.3 Å². The zero-order valence-electron chi connectivity index (χ0n) is 17.9. The normalized spacial score (nSPS) is 24.7. The van der Waals surface area contributed by atoms with Crippen molar-refractivity contribution in [3.63, 3.8) is 0 Å². The van der Waals surface area contributed by atoms with E-state index in [9.17, 15) is 9.59 Å². The van der Waals surface area contributed by atoms with Crippen molar-refractivity contribution in [2.45, 2.75) is 64.5 Å². The summed E-state index contributed by atoms with van der Waals surface area (Å²) < 4.78 is 6.86. The molecular weight excluding hydrogens is 370 g/mol. The molecule has 0 bridgehead atoms. The second-order valence-corrected chi connectivity index (χ2v) is 8.49. The molecule has 1 amide bonds. The summed E-state index contributed by atoms with van der Waals surface area (Å²) in [4.78, 5) is 24.9. The van der Waals surface area contributed by atoms with Crippen LogP contribution in [0.3, 0.4) is 0 Å². The Labute approximate surface area is 172 Å². The SMILES string of the molecule is COC(=O)[C@@H](C)C(C)NC(=O)C1(C)CCCn2c(/C=C/C3CCNCC3)nnc21. The van der Waals surface area contributed by atoms with Crippen molar-refractivity contribution in [3.8, 4) is 0 Å². The van der Waals surface area contributed by atoms with Gasteiger partial charge in [0.15, 0.2) is 5.82 Å². The zero-order chi connectivity index (χ0) is 21.0. The number of methoxy groups -OCH3 is 1. The molecule has 0 radical (unpaired) electrons. The molecule has 8 heteroatoms. The first-order valence-electron chi connectivity index (χ1n) is 10.6. The average molecular weight is 404 g/mol. The third kappa shape index (κ3) is 4.52. The number of esters is 1. The number of carbonyl (C=O) groups excluding carboxylic acids is 2. The van der Waals surface area contributed by atoms with Crippen LogP contribution in [0.25, 0.3) is 6.08 Å². The van der Waals surface area contributed by atoms with Crippen LogP contribution < -0.4 is 10.6 Å². The number of amides is 1. The molecule has 0 aliphatic carbocycles. The molecule has 2 unspecified atom stereocenters. The number of nitrogens with zero attached hydrogens (tertiary/aromatic N) is 3. The van der Waals surface area contributed by atoms with Gasteiger partial charge in [-0.3, -0.25) is 9.59 Å². The molecule has 2 N–H and O–H groups in total. The predicted octanol–water partition coefficient (Wildman–Crippen LogP) is 1.66. The van der Waals surface area contributed by atoms with E-state index in [-0.39, 0.29) is 17.9 Å². The van der Waals surface area contributed by atoms with Crippen LogP contribution in [0.5, 0.6) is 0 Å². The summed E-state index contributed by atoms with van der Waals surface area (Å²) in [5.74, 6) is 1.20. The van der Waals surface area contributed by atoms with Crippen LogP contribution in [0.4, 0.5) is 0 Å². The number of fused-ring (bicyclic) bond motifs is 1. The number of hydrogen-bond donors (Lipinski definition) is 2. The number of aromatic nitrogens is 3. The summed E-state index contributed by atoms with van der Waals surface area (Å²) in [6.45, 7) is 8.40. The molecule has 1 saturated heterocycles. The Morgan fingerprint density at radius 2 is 2.03 bits per heavy atom. The minimum atomic E-state index is -0.768. The van der Waals surface area contributed by atoms with E-state index in [0.29, 0.717) is 18.2 Å². The highest BCUT2D eigenvalue weighted by molar-refractivity contribution is 5.88. The van der Waals surface area contributed by atoms with Crippen molar-refractivity contribution in [2.24, 2.45) is 11.8 Å². The van der Waals surface area contributed by atoms with Gasteiger partial charge in [-0.1, -0.05) is 6.08 Å². The topological polar surface area (TPSA) is 98.1 Å². The Morgan fingerprint density at radius 1 is 1.31 bits per heavy atom. The quantitative estimate of drug-likeness (QED) is 0.701. The molecule has 1 aromatic heterocycles. The Hall–Kier alpha value is -2.22. The molecule has 1 fully saturated rings. The minimum absolute atomic E-state index is 0.122. The summed E-state index contributed by atoms with van der Waals surface area (Å²) in [5, 5.41) is 15.1. The molecule has 3 heterocycles. The molecule has 29 heavy (non-hydrogen) atoms. The lowest BCUT2D eigenvalue weighted by Gasteiger charge is -2.33. The molecule has 160 valence electrons. The molecular formula is C21H33N5O3. The summed E-state index contributed by atoms with van der Waals surface area (Å²) in [6.07, 6.45) is 8.13. The van der Waals surface area contributed by atoms with E-state index in [1.807, 2.05) is 13.8 Å². The number of ether oxygens (including phenoxy) is 1. The fourth-order valence-corrected chi connectivity index (χ4v) is 4.12. The van der Waals surface area contributed by atoms with E-state index in [1.54, 1.807) is 6.92 Å². The number of carbonyl (C=O) groups is 2. The first-order chi connectivity index (χ1) is 13.9. The lowest BCUT2D eigenvalue weighted by Crippen LogP contribution is -2.51. The van der Waals surface area contributed by atoms with Crippen molar-refractivity contribution in [1.29, 1.82) is 0 Å². The monoisotopic (exact) mass is 403 g/mol. The summed E-state index contributed by atoms with van der Waals surface area (Å²) in [5.41, 5.74) is -0.768. The van der Waals surface area contributed by atoms with Gasteiger partial charge in [0, 0.05) is 12.6 Å². The summed E-state index contributed by atoms with van der Waals surface area (Å²) >= 11 is 0. The molecule has 0 saturated carbocycles. The molecule has 1 aromatic rings. The average Bonchev–Trinajstić information content (AvgIpc) is 3.16. The Kier molecular flexibility index (Phi) is 6.72. The molecule has 2 aliphatic heterocycles. The first-order valence-corrected chi connectivity index (χ1v) is 10.6. The molecule has 2 aliphatic rings. The van der Waals surface area contributed by atoms with Crippen LogP contribution in [-0.4, -0.2) is 52.9 Å². The van der Waals surface area contributed by atoms with Gasteiger partial charge >= 0.3 is 5.97 Å². The van der Waals surface area contributed by atoms with Crippen LogP contribution in [0.1, 0.15) is 58.1 Å². The van der Waals surface area contributed by atoms with Crippen LogP contribution >= 0.6 is 0 Å². The first kappa shape index (κ1) is 21.5. The molecule has 3 atom stereocenters. The summed E-state index contributed by atoms with van der Waals surface area (Å²) in [7, 11) is 1.36. The van der Waals surface area contributed by atoms with Crippen molar-refractivity contribution in [3.05, 3.63) is 17.7 Å². The maximum absolute atomic E-state index is 13.2. The van der Waals surface area contributed by atoms with Crippen molar-refractivity contribution >= 4 is 18.0 Å². The minimum Gasteiger partial charge on any atom is -0.469 e. The highest BCUT2D eigenvalue weighted by atomic mass is 16.5. The van der Waals surface area contributed by atoms with Gasteiger partial charge in [-0.2, -0.15) is 0 Å². The van der Waals surface area contributed by atoms with Crippen molar-refractivity contribution in [1.82, 2.24) is 25.4 Å². The summed E-state index contributed by atoms with van der Waals surface area (Å²) in [6, 6.07) is -0.329. The van der Waals surface area contributed by atoms with E-state index in [2.05, 4.69) is 37.6 Å². The van der Waals surface area contributed by atoms with E-state index in [1.165, 1.54) is 7.11 Å². The molecule has 8 nitrogen and oxygen atoms in total. The van der Waals surface area contributed by atoms with E-state index in [0.717, 1.165) is 44.7 Å². The Balaban J connectivity index is 1.75. The second-order valence-electron chi connectivity index (χ2n) is 8.49. The lowest BCUT2D eigenvalue weighted by atomic mass is 9.80. The fourth-order valence-electron chi connectivity index (χ4n) is 4.12. The number of nitrogens with one attached hydrogen (secondary N) is 2. The highest BCUT2D eigenvalue weighted by Gasteiger charge is 2.43. The third-order valence-corrected chi connectivity index (χ3v) is 6.42. The zero-order valence-corrected chi connectivity index (χ0v) is 17.9. The smallest absolute Gasteiger partial charge is 0.310 e. The van der Waals surface area contributed by atoms with Gasteiger partial charge in [-0.05, 0) is 71.5 Å². The van der Waals surface area contributed by atoms with E-state index >= 15 is 0 Å². The Morgan fingerprint density at radius 3 is 2.72 bits per heavy atom. The van der Waals surface area contributed by atoms with Crippen molar-refractivity contribution < 1.29 is 14.3 Å². The van der Waals surface area contributed by atoms with Crippen molar-refractivity contribution in [2.75, 3.05) is 20.2 Å². The number of rotatable bonds is 6. The third-order valence-electron chi connectivity index (χ3n) is 6.42.